The number of nitrogens with one attached hydrogen (secondary N) is 2. The van der Waals surface area contributed by atoms with Gasteiger partial charge in [0, 0.05) is 0 Å². The van der Waals surface area contributed by atoms with Gasteiger partial charge in [-0.15, -0.1) is 0 Å². The van der Waals surface area contributed by atoms with Gasteiger partial charge in [0.25, 0.3) is 0 Å². The molecule has 5 nitrogen and oxygen atoms in total. The Bertz CT molecular complexity index is 978. The smallest absolute Gasteiger partial charge is 0.232 e. The molecule has 0 unspecified atom stereocenters. The molecule has 0 saturated carbocycles. The summed E-state index contributed by atoms with van der Waals surface area (Å²) in [7, 11) is -3.45. The number of benzene rings is 2. The number of anilines is 3. The Morgan fingerprint density at radius 3 is 2.37 bits per heavy atom. The average Bonchev–Trinajstić information content (AvgIpc) is 2.66. The van der Waals surface area contributed by atoms with Gasteiger partial charge in [0.05, 0.1) is 23.3 Å². The maximum Gasteiger partial charge on any atom is 0.232 e. The van der Waals surface area contributed by atoms with Gasteiger partial charge in [0.15, 0.2) is 0 Å². The van der Waals surface area contributed by atoms with Crippen molar-refractivity contribution in [2.45, 2.75) is 12.8 Å². The molecule has 0 aliphatic rings. The van der Waals surface area contributed by atoms with Gasteiger partial charge >= 0.3 is 0 Å². The van der Waals surface area contributed by atoms with Crippen molar-refractivity contribution in [1.82, 2.24) is 4.98 Å². The number of aromatic nitrogens is 1. The van der Waals surface area contributed by atoms with Gasteiger partial charge in [-0.1, -0.05) is 42.5 Å². The van der Waals surface area contributed by atoms with Crippen molar-refractivity contribution in [3.05, 3.63) is 84.3 Å². The first-order valence-electron chi connectivity index (χ1n) is 8.54. The summed E-state index contributed by atoms with van der Waals surface area (Å²) in [5.41, 5.74) is 1.78. The number of pyridine rings is 1. The predicted molar refractivity (Wildman–Crippen MR) is 106 cm³/mol. The van der Waals surface area contributed by atoms with Gasteiger partial charge in [-0.3, -0.25) is 4.72 Å². The molecule has 7 heteroatoms. The maximum atomic E-state index is 13.6. The van der Waals surface area contributed by atoms with Crippen molar-refractivity contribution in [2.24, 2.45) is 0 Å². The Labute approximate surface area is 158 Å². The van der Waals surface area contributed by atoms with Gasteiger partial charge < -0.3 is 5.32 Å². The second kappa shape index (κ2) is 8.64. The van der Waals surface area contributed by atoms with E-state index in [1.165, 1.54) is 12.3 Å². The van der Waals surface area contributed by atoms with E-state index in [4.69, 9.17) is 0 Å². The summed E-state index contributed by atoms with van der Waals surface area (Å²) in [6.07, 6.45) is 2.63. The topological polar surface area (TPSA) is 71.1 Å². The molecule has 0 radical (unpaired) electrons. The van der Waals surface area contributed by atoms with Crippen molar-refractivity contribution in [3.8, 4) is 0 Å². The number of hydrogen-bond acceptors (Lipinski definition) is 4. The first-order chi connectivity index (χ1) is 13.0. The fraction of sp³-hybridized carbons (Fsp3) is 0.150. The van der Waals surface area contributed by atoms with E-state index in [9.17, 15) is 12.8 Å². The molecule has 0 atom stereocenters. The number of aryl methyl sites for hydroxylation is 1. The number of halogens is 1. The van der Waals surface area contributed by atoms with Crippen molar-refractivity contribution in [3.63, 3.8) is 0 Å². The molecule has 27 heavy (non-hydrogen) atoms. The minimum Gasteiger partial charge on any atom is -0.338 e. The molecule has 0 aliphatic heterocycles. The van der Waals surface area contributed by atoms with Crippen LogP contribution in [-0.4, -0.2) is 19.2 Å². The number of para-hydroxylation sites is 1. The fourth-order valence-corrected chi connectivity index (χ4v) is 3.68. The maximum absolute atomic E-state index is 13.6. The SMILES string of the molecule is O=S(=O)(CCCc1ccccc1)Nc1ccc(Nc2ccccc2F)nc1. The third-order valence-corrected chi connectivity index (χ3v) is 5.27. The Balaban J connectivity index is 1.54. The van der Waals surface area contributed by atoms with E-state index in [1.54, 1.807) is 30.3 Å². The molecule has 140 valence electrons. The number of hydrogen-bond donors (Lipinski definition) is 2. The zero-order chi connectivity index (χ0) is 19.1. The molecule has 0 bridgehead atoms. The molecule has 2 N–H and O–H groups in total. The minimum absolute atomic E-state index is 0.0249. The van der Waals surface area contributed by atoms with Crippen molar-refractivity contribution in [1.29, 1.82) is 0 Å². The first kappa shape index (κ1) is 18.8. The lowest BCUT2D eigenvalue weighted by atomic mass is 10.1. The zero-order valence-corrected chi connectivity index (χ0v) is 15.4. The summed E-state index contributed by atoms with van der Waals surface area (Å²) in [5.74, 6) is 0.0616. The molecular formula is C20H20FN3O2S. The summed E-state index contributed by atoms with van der Waals surface area (Å²) in [4.78, 5) is 4.12. The van der Waals surface area contributed by atoms with Gasteiger partial charge in [0.1, 0.15) is 11.6 Å². The van der Waals surface area contributed by atoms with Crippen molar-refractivity contribution in [2.75, 3.05) is 15.8 Å². The Hall–Kier alpha value is -2.93. The Morgan fingerprint density at radius 1 is 0.926 bits per heavy atom. The van der Waals surface area contributed by atoms with Crippen LogP contribution in [0, 0.1) is 5.82 Å². The number of rotatable bonds is 8. The molecule has 2 aromatic carbocycles. The normalized spacial score (nSPS) is 11.1. The van der Waals surface area contributed by atoms with E-state index in [-0.39, 0.29) is 11.6 Å². The highest BCUT2D eigenvalue weighted by Gasteiger charge is 2.11. The second-order valence-electron chi connectivity index (χ2n) is 6.05. The van der Waals surface area contributed by atoms with Crippen LogP contribution >= 0.6 is 0 Å². The number of nitrogens with zero attached hydrogens (tertiary/aromatic N) is 1. The van der Waals surface area contributed by atoms with E-state index in [2.05, 4.69) is 15.0 Å². The van der Waals surface area contributed by atoms with Crippen LogP contribution in [0.2, 0.25) is 0 Å². The third-order valence-electron chi connectivity index (χ3n) is 3.89. The van der Waals surface area contributed by atoms with Crippen LogP contribution in [0.15, 0.2) is 72.9 Å². The van der Waals surface area contributed by atoms with Gasteiger partial charge in [-0.05, 0) is 42.7 Å². The molecular weight excluding hydrogens is 365 g/mol. The van der Waals surface area contributed by atoms with Gasteiger partial charge in [0.2, 0.25) is 10.0 Å². The molecule has 3 rings (SSSR count). The van der Waals surface area contributed by atoms with Crippen LogP contribution in [0.3, 0.4) is 0 Å². The molecule has 3 aromatic rings. The van der Waals surface area contributed by atoms with E-state index in [0.29, 0.717) is 30.0 Å². The predicted octanol–water partition coefficient (Wildman–Crippen LogP) is 4.34. The highest BCUT2D eigenvalue weighted by Crippen LogP contribution is 2.19. The van der Waals surface area contributed by atoms with Crippen LogP contribution in [0.5, 0.6) is 0 Å². The van der Waals surface area contributed by atoms with Crippen LogP contribution in [0.25, 0.3) is 0 Å². The van der Waals surface area contributed by atoms with Gasteiger partial charge in [-0.2, -0.15) is 0 Å². The first-order valence-corrected chi connectivity index (χ1v) is 10.2. The van der Waals surface area contributed by atoms with Crippen LogP contribution in [0.4, 0.5) is 21.6 Å². The van der Waals surface area contributed by atoms with E-state index >= 15 is 0 Å². The molecule has 0 fully saturated rings. The van der Waals surface area contributed by atoms with E-state index in [0.717, 1.165) is 5.56 Å². The Kier molecular flexibility index (Phi) is 6.03. The lowest BCUT2D eigenvalue weighted by molar-refractivity contribution is 0.598. The molecule has 1 aromatic heterocycles. The lowest BCUT2D eigenvalue weighted by Crippen LogP contribution is -2.17. The molecule has 0 amide bonds. The zero-order valence-electron chi connectivity index (χ0n) is 14.6. The largest absolute Gasteiger partial charge is 0.338 e. The fourth-order valence-electron chi connectivity index (χ4n) is 2.57. The van der Waals surface area contributed by atoms with Crippen LogP contribution in [0.1, 0.15) is 12.0 Å². The highest BCUT2D eigenvalue weighted by atomic mass is 32.2. The summed E-state index contributed by atoms with van der Waals surface area (Å²) in [5, 5.41) is 2.85. The van der Waals surface area contributed by atoms with E-state index in [1.807, 2.05) is 30.3 Å². The van der Waals surface area contributed by atoms with Crippen molar-refractivity contribution >= 4 is 27.2 Å². The number of sulfonamides is 1. The van der Waals surface area contributed by atoms with Crippen LogP contribution < -0.4 is 10.0 Å². The molecule has 0 aliphatic carbocycles. The second-order valence-corrected chi connectivity index (χ2v) is 7.89. The van der Waals surface area contributed by atoms with Crippen LogP contribution in [-0.2, 0) is 16.4 Å². The quantitative estimate of drug-likeness (QED) is 0.605. The third kappa shape index (κ3) is 5.79. The molecule has 0 saturated heterocycles. The monoisotopic (exact) mass is 385 g/mol. The Morgan fingerprint density at radius 2 is 1.67 bits per heavy atom. The van der Waals surface area contributed by atoms with Gasteiger partial charge in [-0.25, -0.2) is 17.8 Å². The van der Waals surface area contributed by atoms with Crippen molar-refractivity contribution < 1.29 is 12.8 Å². The average molecular weight is 385 g/mol. The van der Waals surface area contributed by atoms with E-state index < -0.39 is 10.0 Å². The lowest BCUT2D eigenvalue weighted by Gasteiger charge is -2.10. The summed E-state index contributed by atoms with van der Waals surface area (Å²) >= 11 is 0. The highest BCUT2D eigenvalue weighted by molar-refractivity contribution is 7.92. The molecule has 1 heterocycles. The minimum atomic E-state index is -3.45. The summed E-state index contributed by atoms with van der Waals surface area (Å²) in [6.45, 7) is 0. The summed E-state index contributed by atoms with van der Waals surface area (Å²) < 4.78 is 40.6. The summed E-state index contributed by atoms with van der Waals surface area (Å²) in [6, 6.07) is 19.2. The standard InChI is InChI=1S/C20H20FN3O2S/c21-18-10-4-5-11-19(18)23-20-13-12-17(15-22-20)24-27(25,26)14-6-9-16-7-2-1-3-8-16/h1-5,7-8,10-13,15,24H,6,9,14H2,(H,22,23). The molecule has 0 spiro atoms.